The first kappa shape index (κ1) is 15.8. The van der Waals surface area contributed by atoms with Gasteiger partial charge in [0, 0.05) is 17.6 Å². The standard InChI is InChI=1S/C15H26N2O2/c1-11-13(18-4)7-6-12(14(11)19-5)8-9-17-15(2,3)10-16/h6-7,17H,8-10,16H2,1-5H3. The van der Waals surface area contributed by atoms with Crippen molar-refractivity contribution in [2.24, 2.45) is 5.73 Å². The topological polar surface area (TPSA) is 56.5 Å². The van der Waals surface area contributed by atoms with E-state index in [1.807, 2.05) is 13.0 Å². The van der Waals surface area contributed by atoms with E-state index in [9.17, 15) is 0 Å². The van der Waals surface area contributed by atoms with Gasteiger partial charge in [0.2, 0.25) is 0 Å². The lowest BCUT2D eigenvalue weighted by Gasteiger charge is -2.24. The third kappa shape index (κ3) is 4.11. The maximum Gasteiger partial charge on any atom is 0.128 e. The summed E-state index contributed by atoms with van der Waals surface area (Å²) in [5, 5.41) is 3.44. The number of ether oxygens (including phenoxy) is 2. The summed E-state index contributed by atoms with van der Waals surface area (Å²) in [6, 6.07) is 4.04. The normalized spacial score (nSPS) is 11.5. The fourth-order valence-corrected chi connectivity index (χ4v) is 2.04. The second-order valence-corrected chi connectivity index (χ2v) is 5.35. The van der Waals surface area contributed by atoms with Crippen LogP contribution in [0.5, 0.6) is 11.5 Å². The van der Waals surface area contributed by atoms with Gasteiger partial charge in [0.05, 0.1) is 14.2 Å². The van der Waals surface area contributed by atoms with E-state index in [4.69, 9.17) is 15.2 Å². The van der Waals surface area contributed by atoms with Crippen LogP contribution in [-0.2, 0) is 6.42 Å². The summed E-state index contributed by atoms with van der Waals surface area (Å²) < 4.78 is 10.8. The third-order valence-electron chi connectivity index (χ3n) is 3.37. The minimum Gasteiger partial charge on any atom is -0.496 e. The van der Waals surface area contributed by atoms with Gasteiger partial charge in [0.1, 0.15) is 11.5 Å². The lowest BCUT2D eigenvalue weighted by molar-refractivity contribution is 0.380. The van der Waals surface area contributed by atoms with Gasteiger partial charge in [-0.25, -0.2) is 0 Å². The largest absolute Gasteiger partial charge is 0.496 e. The van der Waals surface area contributed by atoms with Crippen LogP contribution in [0, 0.1) is 6.92 Å². The Bertz CT molecular complexity index is 417. The molecule has 0 spiro atoms. The van der Waals surface area contributed by atoms with Crippen molar-refractivity contribution >= 4 is 0 Å². The second-order valence-electron chi connectivity index (χ2n) is 5.35. The van der Waals surface area contributed by atoms with Gasteiger partial charge < -0.3 is 20.5 Å². The molecule has 0 radical (unpaired) electrons. The zero-order valence-corrected chi connectivity index (χ0v) is 12.7. The fourth-order valence-electron chi connectivity index (χ4n) is 2.04. The Hall–Kier alpha value is -1.26. The van der Waals surface area contributed by atoms with E-state index in [2.05, 4.69) is 25.2 Å². The Morgan fingerprint density at radius 2 is 1.89 bits per heavy atom. The quantitative estimate of drug-likeness (QED) is 0.791. The van der Waals surface area contributed by atoms with Crippen LogP contribution in [0.15, 0.2) is 12.1 Å². The number of methoxy groups -OCH3 is 2. The third-order valence-corrected chi connectivity index (χ3v) is 3.37. The van der Waals surface area contributed by atoms with Crippen molar-refractivity contribution in [3.63, 3.8) is 0 Å². The molecule has 0 amide bonds. The van der Waals surface area contributed by atoms with Crippen LogP contribution in [0.4, 0.5) is 0 Å². The first-order chi connectivity index (χ1) is 8.95. The zero-order chi connectivity index (χ0) is 14.5. The van der Waals surface area contributed by atoms with Gasteiger partial charge in [-0.05, 0) is 45.4 Å². The Morgan fingerprint density at radius 1 is 1.21 bits per heavy atom. The van der Waals surface area contributed by atoms with Gasteiger partial charge in [0.15, 0.2) is 0 Å². The predicted octanol–water partition coefficient (Wildman–Crippen LogP) is 1.88. The highest BCUT2D eigenvalue weighted by molar-refractivity contribution is 5.49. The molecule has 4 heteroatoms. The Labute approximate surface area is 116 Å². The molecule has 108 valence electrons. The molecule has 1 aromatic carbocycles. The molecule has 0 aliphatic carbocycles. The summed E-state index contributed by atoms with van der Waals surface area (Å²) in [7, 11) is 3.37. The highest BCUT2D eigenvalue weighted by atomic mass is 16.5. The van der Waals surface area contributed by atoms with E-state index in [0.29, 0.717) is 6.54 Å². The van der Waals surface area contributed by atoms with Crippen molar-refractivity contribution in [2.75, 3.05) is 27.3 Å². The van der Waals surface area contributed by atoms with E-state index in [1.165, 1.54) is 5.56 Å². The smallest absolute Gasteiger partial charge is 0.128 e. The summed E-state index contributed by atoms with van der Waals surface area (Å²) >= 11 is 0. The van der Waals surface area contributed by atoms with Crippen LogP contribution >= 0.6 is 0 Å². The van der Waals surface area contributed by atoms with E-state index in [-0.39, 0.29) is 5.54 Å². The van der Waals surface area contributed by atoms with Gasteiger partial charge in [0.25, 0.3) is 0 Å². The molecular formula is C15H26N2O2. The van der Waals surface area contributed by atoms with Gasteiger partial charge in [-0.2, -0.15) is 0 Å². The SMILES string of the molecule is COc1ccc(CCNC(C)(C)CN)c(OC)c1C. The van der Waals surface area contributed by atoms with Crippen molar-refractivity contribution in [1.29, 1.82) is 0 Å². The second kappa shape index (κ2) is 6.78. The molecule has 1 rings (SSSR count). The molecule has 0 fully saturated rings. The minimum atomic E-state index is -0.0330. The molecule has 19 heavy (non-hydrogen) atoms. The molecular weight excluding hydrogens is 240 g/mol. The molecule has 0 bridgehead atoms. The van der Waals surface area contributed by atoms with Crippen molar-refractivity contribution in [2.45, 2.75) is 32.7 Å². The van der Waals surface area contributed by atoms with Gasteiger partial charge >= 0.3 is 0 Å². The van der Waals surface area contributed by atoms with Crippen molar-refractivity contribution in [3.8, 4) is 11.5 Å². The highest BCUT2D eigenvalue weighted by Gasteiger charge is 2.15. The maximum atomic E-state index is 5.70. The van der Waals surface area contributed by atoms with Gasteiger partial charge in [-0.15, -0.1) is 0 Å². The highest BCUT2D eigenvalue weighted by Crippen LogP contribution is 2.31. The van der Waals surface area contributed by atoms with Crippen LogP contribution in [0.3, 0.4) is 0 Å². The predicted molar refractivity (Wildman–Crippen MR) is 79.1 cm³/mol. The van der Waals surface area contributed by atoms with Crippen LogP contribution in [0.2, 0.25) is 0 Å². The van der Waals surface area contributed by atoms with E-state index < -0.39 is 0 Å². The number of benzene rings is 1. The molecule has 0 saturated heterocycles. The van der Waals surface area contributed by atoms with Crippen molar-refractivity contribution in [1.82, 2.24) is 5.32 Å². The lowest BCUT2D eigenvalue weighted by atomic mass is 10.0. The zero-order valence-electron chi connectivity index (χ0n) is 12.7. The molecule has 0 aromatic heterocycles. The Kier molecular flexibility index (Phi) is 5.63. The number of hydrogen-bond acceptors (Lipinski definition) is 4. The Balaban J connectivity index is 2.76. The van der Waals surface area contributed by atoms with Gasteiger partial charge in [-0.1, -0.05) is 6.07 Å². The summed E-state index contributed by atoms with van der Waals surface area (Å²) in [6.07, 6.45) is 0.900. The summed E-state index contributed by atoms with van der Waals surface area (Å²) in [4.78, 5) is 0. The summed E-state index contributed by atoms with van der Waals surface area (Å²) in [5.41, 5.74) is 7.89. The van der Waals surface area contributed by atoms with E-state index in [1.54, 1.807) is 14.2 Å². The van der Waals surface area contributed by atoms with Crippen molar-refractivity contribution in [3.05, 3.63) is 23.3 Å². The van der Waals surface area contributed by atoms with E-state index in [0.717, 1.165) is 30.0 Å². The molecule has 0 unspecified atom stereocenters. The summed E-state index contributed by atoms with van der Waals surface area (Å²) in [6.45, 7) is 7.70. The summed E-state index contributed by atoms with van der Waals surface area (Å²) in [5.74, 6) is 1.77. The first-order valence-corrected chi connectivity index (χ1v) is 6.60. The number of rotatable bonds is 7. The van der Waals surface area contributed by atoms with Crippen LogP contribution in [-0.4, -0.2) is 32.8 Å². The van der Waals surface area contributed by atoms with E-state index >= 15 is 0 Å². The lowest BCUT2D eigenvalue weighted by Crippen LogP contribution is -2.46. The fraction of sp³-hybridized carbons (Fsp3) is 0.600. The van der Waals surface area contributed by atoms with Gasteiger partial charge in [-0.3, -0.25) is 0 Å². The molecule has 3 N–H and O–H groups in total. The average molecular weight is 266 g/mol. The van der Waals surface area contributed by atoms with Crippen LogP contribution in [0.1, 0.15) is 25.0 Å². The first-order valence-electron chi connectivity index (χ1n) is 6.60. The monoisotopic (exact) mass is 266 g/mol. The van der Waals surface area contributed by atoms with Crippen molar-refractivity contribution < 1.29 is 9.47 Å². The molecule has 1 aromatic rings. The molecule has 0 atom stereocenters. The average Bonchev–Trinajstić information content (AvgIpc) is 2.39. The molecule has 0 aliphatic rings. The minimum absolute atomic E-state index is 0.0330. The number of hydrogen-bond donors (Lipinski definition) is 2. The number of nitrogens with two attached hydrogens (primary N) is 1. The van der Waals surface area contributed by atoms with Crippen LogP contribution < -0.4 is 20.5 Å². The molecule has 4 nitrogen and oxygen atoms in total. The Morgan fingerprint density at radius 3 is 2.42 bits per heavy atom. The number of nitrogens with one attached hydrogen (secondary N) is 1. The molecule has 0 heterocycles. The van der Waals surface area contributed by atoms with Crippen LogP contribution in [0.25, 0.3) is 0 Å². The molecule has 0 saturated carbocycles. The molecule has 0 aliphatic heterocycles. The maximum absolute atomic E-state index is 5.70.